The number of methoxy groups -OCH3 is 2. The molecule has 7 nitrogen and oxygen atoms in total. The number of carbonyl (C=O) groups is 1. The first-order valence-corrected chi connectivity index (χ1v) is 12.5. The molecule has 1 aliphatic heterocycles. The van der Waals surface area contributed by atoms with Crippen LogP contribution in [0.3, 0.4) is 0 Å². The smallest absolute Gasteiger partial charge is 0.223 e. The van der Waals surface area contributed by atoms with Gasteiger partial charge in [0.15, 0.2) is 11.5 Å². The number of carbonyl (C=O) groups excluding carboxylic acids is 1. The number of halogens is 1. The number of amides is 1. The lowest BCUT2D eigenvalue weighted by Gasteiger charge is -2.31. The van der Waals surface area contributed by atoms with Crippen molar-refractivity contribution in [3.05, 3.63) is 58.6 Å². The van der Waals surface area contributed by atoms with Crippen molar-refractivity contribution in [3.63, 3.8) is 0 Å². The molecule has 0 unspecified atom stereocenters. The van der Waals surface area contributed by atoms with E-state index in [4.69, 9.17) is 21.1 Å². The average Bonchev–Trinajstić information content (AvgIpc) is 2.78. The Morgan fingerprint density at radius 2 is 1.81 bits per heavy atom. The molecular formula is C23H29ClN2O5S. The molecule has 1 saturated heterocycles. The Bertz CT molecular complexity index is 1050. The van der Waals surface area contributed by atoms with Gasteiger partial charge in [-0.3, -0.25) is 4.79 Å². The Balaban J connectivity index is 1.56. The molecule has 0 bridgehead atoms. The highest BCUT2D eigenvalue weighted by Gasteiger charge is 2.31. The molecule has 1 N–H and O–H groups in total. The predicted octanol–water partition coefficient (Wildman–Crippen LogP) is 3.78. The molecule has 174 valence electrons. The second-order valence-electron chi connectivity index (χ2n) is 7.90. The Hall–Kier alpha value is -2.29. The lowest BCUT2D eigenvalue weighted by Crippen LogP contribution is -2.43. The highest BCUT2D eigenvalue weighted by molar-refractivity contribution is 7.88. The Kier molecular flexibility index (Phi) is 8.03. The normalized spacial score (nSPS) is 16.4. The maximum Gasteiger partial charge on any atom is 0.223 e. The summed E-state index contributed by atoms with van der Waals surface area (Å²) < 4.78 is 37.6. The van der Waals surface area contributed by atoms with Gasteiger partial charge in [-0.2, -0.15) is 0 Å². The van der Waals surface area contributed by atoms with Crippen molar-refractivity contribution < 1.29 is 22.7 Å². The summed E-state index contributed by atoms with van der Waals surface area (Å²) in [5.74, 6) is 0.834. The molecule has 9 heteroatoms. The van der Waals surface area contributed by atoms with Crippen LogP contribution in [0.2, 0.25) is 5.02 Å². The number of rotatable bonds is 8. The molecule has 0 radical (unpaired) electrons. The van der Waals surface area contributed by atoms with Gasteiger partial charge >= 0.3 is 0 Å². The van der Waals surface area contributed by atoms with Crippen LogP contribution in [-0.4, -0.2) is 45.9 Å². The van der Waals surface area contributed by atoms with Crippen LogP contribution < -0.4 is 14.8 Å². The van der Waals surface area contributed by atoms with Crippen molar-refractivity contribution in [2.24, 2.45) is 5.92 Å². The lowest BCUT2D eigenvalue weighted by molar-refractivity contribution is -0.126. The molecule has 0 aliphatic carbocycles. The minimum absolute atomic E-state index is 0.0702. The number of piperidine rings is 1. The Labute approximate surface area is 194 Å². The molecule has 1 aliphatic rings. The summed E-state index contributed by atoms with van der Waals surface area (Å²) in [7, 11) is -0.323. The number of nitrogens with one attached hydrogen (secondary N) is 1. The molecular weight excluding hydrogens is 452 g/mol. The van der Waals surface area contributed by atoms with E-state index in [-0.39, 0.29) is 23.6 Å². The topological polar surface area (TPSA) is 84.9 Å². The summed E-state index contributed by atoms with van der Waals surface area (Å²) in [5.41, 5.74) is 1.55. The third-order valence-electron chi connectivity index (χ3n) is 5.72. The van der Waals surface area contributed by atoms with Crippen molar-refractivity contribution in [3.8, 4) is 11.5 Å². The van der Waals surface area contributed by atoms with Gasteiger partial charge in [-0.05, 0) is 55.2 Å². The minimum Gasteiger partial charge on any atom is -0.493 e. The van der Waals surface area contributed by atoms with E-state index in [1.165, 1.54) is 4.31 Å². The monoisotopic (exact) mass is 480 g/mol. The summed E-state index contributed by atoms with van der Waals surface area (Å²) in [6.07, 6.45) is 0.971. The van der Waals surface area contributed by atoms with E-state index in [0.29, 0.717) is 48.0 Å². The number of benzene rings is 2. The second kappa shape index (κ2) is 10.6. The molecule has 2 aromatic rings. The summed E-state index contributed by atoms with van der Waals surface area (Å²) in [6.45, 7) is 2.56. The van der Waals surface area contributed by atoms with Gasteiger partial charge in [0.25, 0.3) is 0 Å². The number of hydrogen-bond acceptors (Lipinski definition) is 5. The lowest BCUT2D eigenvalue weighted by atomic mass is 9.96. The fourth-order valence-corrected chi connectivity index (χ4v) is 5.62. The van der Waals surface area contributed by atoms with E-state index in [9.17, 15) is 13.2 Å². The van der Waals surface area contributed by atoms with Crippen LogP contribution in [0.4, 0.5) is 0 Å². The molecule has 0 saturated carbocycles. The third-order valence-corrected chi connectivity index (χ3v) is 7.81. The van der Waals surface area contributed by atoms with Crippen molar-refractivity contribution in [1.29, 1.82) is 0 Å². The first-order valence-electron chi connectivity index (χ1n) is 10.5. The zero-order valence-corrected chi connectivity index (χ0v) is 20.1. The van der Waals surface area contributed by atoms with Crippen LogP contribution in [0.25, 0.3) is 0 Å². The van der Waals surface area contributed by atoms with Crippen LogP contribution in [-0.2, 0) is 20.6 Å². The second-order valence-corrected chi connectivity index (χ2v) is 10.3. The summed E-state index contributed by atoms with van der Waals surface area (Å²) in [5, 5.41) is 3.55. The number of sulfonamides is 1. The number of nitrogens with zero attached hydrogens (tertiary/aromatic N) is 1. The fourth-order valence-electron chi connectivity index (χ4n) is 3.86. The quantitative estimate of drug-likeness (QED) is 0.621. The van der Waals surface area contributed by atoms with E-state index < -0.39 is 10.0 Å². The number of ether oxygens (including phenoxy) is 2. The molecule has 1 heterocycles. The standard InChI is InChI=1S/C23H29ClN2O5S/c1-16(19-7-8-21(30-2)22(14-19)31-3)25-23(27)18-9-11-26(12-10-18)32(28,29)15-17-5-4-6-20(24)13-17/h4-8,13-14,16,18H,9-12,15H2,1-3H3,(H,25,27)/t16-/m1/s1. The zero-order chi connectivity index (χ0) is 23.3. The maximum atomic E-state index is 12.8. The van der Waals surface area contributed by atoms with E-state index in [1.54, 1.807) is 44.6 Å². The highest BCUT2D eigenvalue weighted by atomic mass is 35.5. The van der Waals surface area contributed by atoms with Crippen molar-refractivity contribution in [1.82, 2.24) is 9.62 Å². The fraction of sp³-hybridized carbons (Fsp3) is 0.435. The summed E-state index contributed by atoms with van der Waals surface area (Å²) >= 11 is 5.97. The minimum atomic E-state index is -3.47. The van der Waals surface area contributed by atoms with Crippen LogP contribution in [0.1, 0.15) is 36.9 Å². The largest absolute Gasteiger partial charge is 0.493 e. The van der Waals surface area contributed by atoms with Crippen LogP contribution in [0, 0.1) is 5.92 Å². The van der Waals surface area contributed by atoms with Crippen molar-refractivity contribution in [2.45, 2.75) is 31.6 Å². The SMILES string of the molecule is COc1ccc([C@@H](C)NC(=O)C2CCN(S(=O)(=O)Cc3cccc(Cl)c3)CC2)cc1OC. The van der Waals surface area contributed by atoms with E-state index >= 15 is 0 Å². The molecule has 3 rings (SSSR count). The molecule has 0 spiro atoms. The molecule has 1 atom stereocenters. The Morgan fingerprint density at radius 1 is 1.12 bits per heavy atom. The van der Waals surface area contributed by atoms with Crippen molar-refractivity contribution in [2.75, 3.05) is 27.3 Å². The molecule has 0 aromatic heterocycles. The predicted molar refractivity (Wildman–Crippen MR) is 124 cm³/mol. The molecule has 2 aromatic carbocycles. The van der Waals surface area contributed by atoms with Gasteiger partial charge in [-0.1, -0.05) is 29.8 Å². The van der Waals surface area contributed by atoms with Gasteiger partial charge in [-0.25, -0.2) is 12.7 Å². The van der Waals surface area contributed by atoms with Gasteiger partial charge in [0.1, 0.15) is 0 Å². The third kappa shape index (κ3) is 5.94. The maximum absolute atomic E-state index is 12.8. The van der Waals surface area contributed by atoms with Gasteiger partial charge in [0.2, 0.25) is 15.9 Å². The van der Waals surface area contributed by atoms with Crippen LogP contribution in [0.15, 0.2) is 42.5 Å². The van der Waals surface area contributed by atoms with Gasteiger partial charge < -0.3 is 14.8 Å². The first-order chi connectivity index (χ1) is 15.2. The number of hydrogen-bond donors (Lipinski definition) is 1. The van der Waals surface area contributed by atoms with Gasteiger partial charge in [-0.15, -0.1) is 0 Å². The summed E-state index contributed by atoms with van der Waals surface area (Å²) in [4.78, 5) is 12.8. The molecule has 1 fully saturated rings. The molecule has 32 heavy (non-hydrogen) atoms. The van der Waals surface area contributed by atoms with Gasteiger partial charge in [0, 0.05) is 24.0 Å². The first kappa shape index (κ1) is 24.4. The van der Waals surface area contributed by atoms with Gasteiger partial charge in [0.05, 0.1) is 26.0 Å². The van der Waals surface area contributed by atoms with Crippen molar-refractivity contribution >= 4 is 27.5 Å². The Morgan fingerprint density at radius 3 is 2.44 bits per heavy atom. The zero-order valence-electron chi connectivity index (χ0n) is 18.5. The van der Waals surface area contributed by atoms with E-state index in [1.807, 2.05) is 19.1 Å². The average molecular weight is 481 g/mol. The summed E-state index contributed by atoms with van der Waals surface area (Å²) in [6, 6.07) is 12.2. The van der Waals surface area contributed by atoms with Crippen LogP contribution in [0.5, 0.6) is 11.5 Å². The van der Waals surface area contributed by atoms with E-state index in [2.05, 4.69) is 5.32 Å². The highest BCUT2D eigenvalue weighted by Crippen LogP contribution is 2.30. The van der Waals surface area contributed by atoms with Crippen LogP contribution >= 0.6 is 11.6 Å². The van der Waals surface area contributed by atoms with E-state index in [0.717, 1.165) is 5.56 Å². The molecule has 1 amide bonds.